The molecule has 0 spiro atoms. The van der Waals surface area contributed by atoms with Gasteiger partial charge in [-0.15, -0.1) is 0 Å². The Morgan fingerprint density at radius 1 is 0.929 bits per heavy atom. The highest BCUT2D eigenvalue weighted by molar-refractivity contribution is 6.18. The second kappa shape index (κ2) is 6.24. The fraction of sp³-hybridized carbons (Fsp3) is 0.222. The van der Waals surface area contributed by atoms with Crippen LogP contribution < -0.4 is 0 Å². The number of fused-ring (bicyclic) bond motifs is 3. The molecule has 0 aromatic heterocycles. The third-order valence-corrected chi connectivity index (χ3v) is 4.54. The molecule has 0 amide bonds. The van der Waals surface area contributed by atoms with E-state index < -0.39 is 47.0 Å². The highest BCUT2D eigenvalue weighted by Crippen LogP contribution is 2.49. The van der Waals surface area contributed by atoms with E-state index in [4.69, 9.17) is 15.8 Å². The van der Waals surface area contributed by atoms with Gasteiger partial charge in [0, 0.05) is 11.5 Å². The lowest BCUT2D eigenvalue weighted by atomic mass is 9.83. The molecule has 0 N–H and O–H groups in total. The van der Waals surface area contributed by atoms with Gasteiger partial charge in [0.1, 0.15) is 0 Å². The number of rotatable bonds is 0. The van der Waals surface area contributed by atoms with E-state index in [1.807, 2.05) is 0 Å². The SMILES string of the molecule is N#CN=C1c2cc(C(F)(F)F)c(C#N)cc2C2=CC(C#N)=C(C(F)(F)F)CC21. The molecule has 28 heavy (non-hydrogen) atoms. The summed E-state index contributed by atoms with van der Waals surface area (Å²) in [6.07, 6.45) is -8.11. The van der Waals surface area contributed by atoms with Gasteiger partial charge in [0.15, 0.2) is 0 Å². The maximum absolute atomic E-state index is 13.3. The van der Waals surface area contributed by atoms with Crippen LogP contribution in [-0.2, 0) is 6.18 Å². The van der Waals surface area contributed by atoms with Crippen molar-refractivity contribution in [2.24, 2.45) is 10.9 Å². The average Bonchev–Trinajstić information content (AvgIpc) is 2.91. The third-order valence-electron chi connectivity index (χ3n) is 4.54. The molecule has 1 aromatic rings. The Morgan fingerprint density at radius 3 is 2.11 bits per heavy atom. The Morgan fingerprint density at radius 2 is 1.61 bits per heavy atom. The zero-order valence-corrected chi connectivity index (χ0v) is 13.6. The smallest absolute Gasteiger partial charge is 0.192 e. The van der Waals surface area contributed by atoms with Gasteiger partial charge in [-0.2, -0.15) is 47.1 Å². The summed E-state index contributed by atoms with van der Waals surface area (Å²) in [5.41, 5.74) is -4.05. The summed E-state index contributed by atoms with van der Waals surface area (Å²) in [5.74, 6) is -1.14. The molecule has 2 aliphatic carbocycles. The molecule has 0 saturated heterocycles. The van der Waals surface area contributed by atoms with Crippen molar-refractivity contribution in [2.75, 3.05) is 0 Å². The topological polar surface area (TPSA) is 83.7 Å². The van der Waals surface area contributed by atoms with Crippen LogP contribution in [-0.4, -0.2) is 11.9 Å². The molecule has 0 saturated carbocycles. The van der Waals surface area contributed by atoms with Crippen LogP contribution in [0.15, 0.2) is 34.3 Å². The molecule has 0 radical (unpaired) electrons. The standard InChI is InChI=1S/C18H6F6N4/c19-17(20,21)14-3-12-10(1-8(14)5-25)11-2-9(6-26)15(18(22,23)24)4-13(11)16(12)28-7-27/h1-3,13H,4H2. The first-order chi connectivity index (χ1) is 13.0. The van der Waals surface area contributed by atoms with Crippen LogP contribution in [0.3, 0.4) is 0 Å². The Labute approximate surface area is 153 Å². The molecule has 4 nitrogen and oxygen atoms in total. The lowest BCUT2D eigenvalue weighted by molar-refractivity contribution is -0.137. The maximum atomic E-state index is 13.3. The van der Waals surface area contributed by atoms with Gasteiger partial charge in [-0.25, -0.2) is 0 Å². The number of halogens is 6. The van der Waals surface area contributed by atoms with E-state index in [1.165, 1.54) is 18.3 Å². The van der Waals surface area contributed by atoms with E-state index in [0.29, 0.717) is 6.07 Å². The lowest BCUT2D eigenvalue weighted by Gasteiger charge is -2.23. The van der Waals surface area contributed by atoms with Gasteiger partial charge < -0.3 is 0 Å². The number of nitriles is 3. The predicted octanol–water partition coefficient (Wildman–Crippen LogP) is 4.65. The van der Waals surface area contributed by atoms with Crippen LogP contribution in [0.5, 0.6) is 0 Å². The van der Waals surface area contributed by atoms with E-state index in [-0.39, 0.29) is 22.4 Å². The second-order valence-corrected chi connectivity index (χ2v) is 6.01. The zero-order chi connectivity index (χ0) is 20.9. The van der Waals surface area contributed by atoms with Gasteiger partial charge in [0.2, 0.25) is 6.19 Å². The highest BCUT2D eigenvalue weighted by Gasteiger charge is 2.46. The molecule has 3 rings (SSSR count). The summed E-state index contributed by atoms with van der Waals surface area (Å²) >= 11 is 0. The Kier molecular flexibility index (Phi) is 4.28. The molecule has 1 unspecified atom stereocenters. The monoisotopic (exact) mass is 392 g/mol. The minimum absolute atomic E-state index is 0.0533. The zero-order valence-electron chi connectivity index (χ0n) is 13.6. The quantitative estimate of drug-likeness (QED) is 0.476. The van der Waals surface area contributed by atoms with Crippen molar-refractivity contribution >= 4 is 11.3 Å². The first kappa shape index (κ1) is 19.2. The molecule has 10 heteroatoms. The van der Waals surface area contributed by atoms with Crippen LogP contribution in [0.4, 0.5) is 26.3 Å². The molecule has 0 fully saturated rings. The van der Waals surface area contributed by atoms with Crippen LogP contribution in [0.25, 0.3) is 5.57 Å². The summed E-state index contributed by atoms with van der Waals surface area (Å²) in [6, 6.07) is 4.39. The summed E-state index contributed by atoms with van der Waals surface area (Å²) < 4.78 is 79.6. The number of benzene rings is 1. The number of alkyl halides is 6. The molecule has 0 bridgehead atoms. The van der Waals surface area contributed by atoms with Crippen molar-refractivity contribution < 1.29 is 26.3 Å². The molecule has 0 aliphatic heterocycles. The second-order valence-electron chi connectivity index (χ2n) is 6.01. The van der Waals surface area contributed by atoms with Gasteiger partial charge in [-0.05, 0) is 35.8 Å². The van der Waals surface area contributed by atoms with Gasteiger partial charge in [-0.3, -0.25) is 0 Å². The van der Waals surface area contributed by atoms with Crippen LogP contribution in [0.2, 0.25) is 0 Å². The van der Waals surface area contributed by atoms with Crippen LogP contribution in [0.1, 0.15) is 28.7 Å². The van der Waals surface area contributed by atoms with E-state index in [1.54, 1.807) is 0 Å². The molecule has 140 valence electrons. The predicted molar refractivity (Wildman–Crippen MR) is 83.1 cm³/mol. The third kappa shape index (κ3) is 2.91. The highest BCUT2D eigenvalue weighted by atomic mass is 19.4. The summed E-state index contributed by atoms with van der Waals surface area (Å²) in [4.78, 5) is 3.45. The normalized spacial score (nSPS) is 20.0. The number of allylic oxidation sites excluding steroid dienone is 4. The summed E-state index contributed by atoms with van der Waals surface area (Å²) in [7, 11) is 0. The number of hydrogen-bond acceptors (Lipinski definition) is 4. The molecular weight excluding hydrogens is 386 g/mol. The lowest BCUT2D eigenvalue weighted by Crippen LogP contribution is -2.22. The molecular formula is C18H6F6N4. The van der Waals surface area contributed by atoms with Crippen molar-refractivity contribution in [3.8, 4) is 18.3 Å². The Hall–Kier alpha value is -3.58. The largest absolute Gasteiger partial charge is 0.417 e. The Bertz CT molecular complexity index is 1100. The van der Waals surface area contributed by atoms with Gasteiger partial charge in [-0.1, -0.05) is 0 Å². The summed E-state index contributed by atoms with van der Waals surface area (Å²) in [6.45, 7) is 0. The molecule has 2 aliphatic rings. The fourth-order valence-corrected chi connectivity index (χ4v) is 3.40. The summed E-state index contributed by atoms with van der Waals surface area (Å²) in [5, 5.41) is 27.0. The van der Waals surface area contributed by atoms with Crippen LogP contribution in [0, 0.1) is 40.0 Å². The van der Waals surface area contributed by atoms with Gasteiger partial charge in [0.25, 0.3) is 0 Å². The number of hydrogen-bond donors (Lipinski definition) is 0. The van der Waals surface area contributed by atoms with Crippen LogP contribution >= 0.6 is 0 Å². The first-order valence-corrected chi connectivity index (χ1v) is 7.57. The Balaban J connectivity index is 2.33. The van der Waals surface area contributed by atoms with Crippen molar-refractivity contribution in [2.45, 2.75) is 18.8 Å². The number of nitrogens with zero attached hydrogens (tertiary/aromatic N) is 4. The average molecular weight is 392 g/mol. The molecule has 1 atom stereocenters. The minimum atomic E-state index is -4.88. The van der Waals surface area contributed by atoms with Gasteiger partial charge >= 0.3 is 12.4 Å². The minimum Gasteiger partial charge on any atom is -0.192 e. The van der Waals surface area contributed by atoms with Crippen molar-refractivity contribution in [3.63, 3.8) is 0 Å². The maximum Gasteiger partial charge on any atom is 0.417 e. The fourth-order valence-electron chi connectivity index (χ4n) is 3.40. The van der Waals surface area contributed by atoms with Gasteiger partial charge in [0.05, 0.1) is 40.1 Å². The van der Waals surface area contributed by atoms with Crippen molar-refractivity contribution in [1.82, 2.24) is 0 Å². The van der Waals surface area contributed by atoms with E-state index >= 15 is 0 Å². The van der Waals surface area contributed by atoms with E-state index in [9.17, 15) is 26.3 Å². The molecule has 0 heterocycles. The first-order valence-electron chi connectivity index (χ1n) is 7.57. The van der Waals surface area contributed by atoms with E-state index in [0.717, 1.165) is 12.1 Å². The number of aliphatic imine (C=N–C) groups is 1. The molecule has 1 aromatic carbocycles. The van der Waals surface area contributed by atoms with Crippen molar-refractivity contribution in [3.05, 3.63) is 51.6 Å². The van der Waals surface area contributed by atoms with Crippen molar-refractivity contribution in [1.29, 1.82) is 15.8 Å². The van der Waals surface area contributed by atoms with E-state index in [2.05, 4.69) is 4.99 Å².